The van der Waals surface area contributed by atoms with Gasteiger partial charge in [-0.05, 0) is 0 Å². The molecule has 15 heavy (non-hydrogen) atoms. The standard InChI is InChI=1S/C14H22B/c1-2-3-4-5-6-10-13-15-14-11-8-7-9-12-14/h7-9,11-12H,2-6,10,13H2,1H3. The van der Waals surface area contributed by atoms with Crippen LogP contribution in [0, 0.1) is 0 Å². The molecule has 0 saturated heterocycles. The number of hydrogen-bond donors (Lipinski definition) is 0. The van der Waals surface area contributed by atoms with E-state index < -0.39 is 0 Å². The summed E-state index contributed by atoms with van der Waals surface area (Å²) < 4.78 is 0. The molecule has 1 rings (SSSR count). The summed E-state index contributed by atoms with van der Waals surface area (Å²) in [4.78, 5) is 0. The first-order valence-electron chi connectivity index (χ1n) is 6.31. The lowest BCUT2D eigenvalue weighted by Crippen LogP contribution is -2.12. The van der Waals surface area contributed by atoms with Crippen molar-refractivity contribution in [3.63, 3.8) is 0 Å². The molecule has 0 nitrogen and oxygen atoms in total. The molecule has 0 amide bonds. The largest absolute Gasteiger partial charge is 0.151 e. The van der Waals surface area contributed by atoms with Crippen LogP contribution in [0.15, 0.2) is 30.3 Å². The lowest BCUT2D eigenvalue weighted by atomic mass is 9.66. The molecule has 0 aliphatic carbocycles. The van der Waals surface area contributed by atoms with Gasteiger partial charge in [-0.25, -0.2) is 0 Å². The molecule has 0 N–H and O–H groups in total. The van der Waals surface area contributed by atoms with Gasteiger partial charge in [-0.1, -0.05) is 87.6 Å². The second kappa shape index (κ2) is 8.58. The van der Waals surface area contributed by atoms with E-state index in [1.165, 1.54) is 50.3 Å². The van der Waals surface area contributed by atoms with Gasteiger partial charge in [-0.3, -0.25) is 0 Å². The molecule has 1 heteroatoms. The Balaban J connectivity index is 1.93. The van der Waals surface area contributed by atoms with Crippen molar-refractivity contribution in [1.82, 2.24) is 0 Å². The predicted octanol–water partition coefficient (Wildman–Crippen LogP) is 3.79. The number of hydrogen-bond acceptors (Lipinski definition) is 0. The van der Waals surface area contributed by atoms with Crippen molar-refractivity contribution >= 4 is 12.7 Å². The Bertz CT molecular complexity index is 230. The highest BCUT2D eigenvalue weighted by atomic mass is 13.9. The van der Waals surface area contributed by atoms with Crippen molar-refractivity contribution in [2.45, 2.75) is 51.8 Å². The minimum Gasteiger partial charge on any atom is -0.0878 e. The van der Waals surface area contributed by atoms with Crippen molar-refractivity contribution in [3.8, 4) is 0 Å². The molecule has 0 aliphatic heterocycles. The SMILES string of the molecule is CCCCCCCC[B]c1ccccc1. The Hall–Kier alpha value is -0.715. The van der Waals surface area contributed by atoms with E-state index in [1.807, 2.05) is 0 Å². The third-order valence-corrected chi connectivity index (χ3v) is 2.74. The summed E-state index contributed by atoms with van der Waals surface area (Å²) in [7, 11) is 2.35. The third kappa shape index (κ3) is 6.38. The van der Waals surface area contributed by atoms with E-state index >= 15 is 0 Å². The molecule has 0 aliphatic rings. The predicted molar refractivity (Wildman–Crippen MR) is 70.0 cm³/mol. The van der Waals surface area contributed by atoms with Crippen LogP contribution in [0.1, 0.15) is 45.4 Å². The summed E-state index contributed by atoms with van der Waals surface area (Å²) >= 11 is 0. The average molecular weight is 201 g/mol. The molecule has 1 aromatic carbocycles. The zero-order valence-electron chi connectivity index (χ0n) is 9.91. The van der Waals surface area contributed by atoms with Gasteiger partial charge in [0.2, 0.25) is 0 Å². The summed E-state index contributed by atoms with van der Waals surface area (Å²) in [5.74, 6) is 0. The fourth-order valence-electron chi connectivity index (χ4n) is 1.78. The number of unbranched alkanes of at least 4 members (excludes halogenated alkanes) is 5. The monoisotopic (exact) mass is 201 g/mol. The lowest BCUT2D eigenvalue weighted by Gasteiger charge is -2.00. The van der Waals surface area contributed by atoms with E-state index in [9.17, 15) is 0 Å². The smallest absolute Gasteiger partial charge is 0.0878 e. The number of benzene rings is 1. The highest BCUT2D eigenvalue weighted by molar-refractivity contribution is 6.53. The molecule has 1 aromatic rings. The van der Waals surface area contributed by atoms with Gasteiger partial charge in [0.1, 0.15) is 0 Å². The second-order valence-corrected chi connectivity index (χ2v) is 4.17. The van der Waals surface area contributed by atoms with Crippen LogP contribution in [-0.2, 0) is 0 Å². The van der Waals surface area contributed by atoms with Crippen molar-refractivity contribution in [3.05, 3.63) is 30.3 Å². The molecule has 0 bridgehead atoms. The van der Waals surface area contributed by atoms with Crippen LogP contribution in [-0.4, -0.2) is 7.28 Å². The third-order valence-electron chi connectivity index (χ3n) is 2.74. The quantitative estimate of drug-likeness (QED) is 0.443. The molecule has 0 fully saturated rings. The van der Waals surface area contributed by atoms with Crippen molar-refractivity contribution < 1.29 is 0 Å². The lowest BCUT2D eigenvalue weighted by molar-refractivity contribution is 0.624. The Morgan fingerprint density at radius 1 is 0.867 bits per heavy atom. The van der Waals surface area contributed by atoms with Gasteiger partial charge >= 0.3 is 0 Å². The van der Waals surface area contributed by atoms with Crippen LogP contribution in [0.2, 0.25) is 6.32 Å². The molecule has 0 spiro atoms. The Kier molecular flexibility index (Phi) is 7.07. The topological polar surface area (TPSA) is 0 Å². The molecule has 0 aromatic heterocycles. The van der Waals surface area contributed by atoms with Gasteiger partial charge in [-0.2, -0.15) is 0 Å². The van der Waals surface area contributed by atoms with Gasteiger partial charge in [0.05, 0.1) is 0 Å². The van der Waals surface area contributed by atoms with Crippen LogP contribution < -0.4 is 5.46 Å². The van der Waals surface area contributed by atoms with Crippen LogP contribution in [0.3, 0.4) is 0 Å². The maximum atomic E-state index is 2.35. The molecular formula is C14H22B. The summed E-state index contributed by atoms with van der Waals surface area (Å²) in [5, 5.41) is 0. The van der Waals surface area contributed by atoms with Crippen LogP contribution in [0.5, 0.6) is 0 Å². The van der Waals surface area contributed by atoms with E-state index in [1.54, 1.807) is 0 Å². The first kappa shape index (κ1) is 12.4. The zero-order valence-corrected chi connectivity index (χ0v) is 9.91. The number of rotatable bonds is 8. The Morgan fingerprint density at radius 3 is 2.27 bits per heavy atom. The van der Waals surface area contributed by atoms with Crippen molar-refractivity contribution in [1.29, 1.82) is 0 Å². The van der Waals surface area contributed by atoms with Crippen LogP contribution in [0.25, 0.3) is 0 Å². The highest BCUT2D eigenvalue weighted by Gasteiger charge is 1.94. The second-order valence-electron chi connectivity index (χ2n) is 4.17. The molecule has 0 saturated carbocycles. The van der Waals surface area contributed by atoms with E-state index in [2.05, 4.69) is 44.5 Å². The minimum atomic E-state index is 1.23. The van der Waals surface area contributed by atoms with Gasteiger partial charge < -0.3 is 0 Å². The fraction of sp³-hybridized carbons (Fsp3) is 0.571. The normalized spacial score (nSPS) is 10.2. The summed E-state index contributed by atoms with van der Waals surface area (Å²) in [6.45, 7) is 2.27. The summed E-state index contributed by atoms with van der Waals surface area (Å²) in [5.41, 5.74) is 1.37. The zero-order chi connectivity index (χ0) is 10.8. The van der Waals surface area contributed by atoms with Gasteiger partial charge in [-0.15, -0.1) is 0 Å². The van der Waals surface area contributed by atoms with Crippen molar-refractivity contribution in [2.24, 2.45) is 0 Å². The fourth-order valence-corrected chi connectivity index (χ4v) is 1.78. The molecule has 0 unspecified atom stereocenters. The molecule has 0 heterocycles. The molecule has 1 radical (unpaired) electrons. The van der Waals surface area contributed by atoms with Crippen molar-refractivity contribution in [2.75, 3.05) is 0 Å². The first-order valence-corrected chi connectivity index (χ1v) is 6.31. The Morgan fingerprint density at radius 2 is 1.53 bits per heavy atom. The summed E-state index contributed by atoms with van der Waals surface area (Å²) in [6, 6.07) is 10.6. The maximum absolute atomic E-state index is 2.35. The van der Waals surface area contributed by atoms with Crippen LogP contribution in [0.4, 0.5) is 0 Å². The average Bonchev–Trinajstić information content (AvgIpc) is 2.29. The van der Waals surface area contributed by atoms with E-state index in [-0.39, 0.29) is 0 Å². The van der Waals surface area contributed by atoms with Crippen LogP contribution >= 0.6 is 0 Å². The van der Waals surface area contributed by atoms with E-state index in [0.717, 1.165) is 0 Å². The van der Waals surface area contributed by atoms with E-state index in [4.69, 9.17) is 0 Å². The minimum absolute atomic E-state index is 1.23. The highest BCUT2D eigenvalue weighted by Crippen LogP contribution is 2.06. The summed E-state index contributed by atoms with van der Waals surface area (Å²) in [6.07, 6.45) is 9.55. The van der Waals surface area contributed by atoms with Gasteiger partial charge in [0.25, 0.3) is 0 Å². The first-order chi connectivity index (χ1) is 7.43. The Labute approximate surface area is 95.3 Å². The maximum Gasteiger partial charge on any atom is 0.151 e. The molecule has 81 valence electrons. The molecular weight excluding hydrogens is 179 g/mol. The van der Waals surface area contributed by atoms with E-state index in [0.29, 0.717) is 0 Å². The molecule has 0 atom stereocenters. The van der Waals surface area contributed by atoms with Gasteiger partial charge in [0.15, 0.2) is 7.28 Å². The van der Waals surface area contributed by atoms with Gasteiger partial charge in [0, 0.05) is 0 Å².